The monoisotopic (exact) mass is 487 g/mol. The van der Waals surface area contributed by atoms with E-state index < -0.39 is 15.9 Å². The molecular weight excluding hydrogens is 462 g/mol. The first-order valence-corrected chi connectivity index (χ1v) is 12.4. The van der Waals surface area contributed by atoms with Crippen LogP contribution in [0, 0.1) is 6.92 Å². The fourth-order valence-corrected chi connectivity index (χ4v) is 4.47. The van der Waals surface area contributed by atoms with Crippen LogP contribution in [0.2, 0.25) is 0 Å². The Morgan fingerprint density at radius 3 is 2.26 bits per heavy atom. The molecule has 0 atom stereocenters. The average molecular weight is 488 g/mol. The lowest BCUT2D eigenvalue weighted by atomic mass is 10.1. The highest BCUT2D eigenvalue weighted by Crippen LogP contribution is 2.20. The molecule has 1 aromatic heterocycles. The summed E-state index contributed by atoms with van der Waals surface area (Å²) in [6, 6.07) is 25.9. The molecule has 4 rings (SSSR count). The Morgan fingerprint density at radius 2 is 1.60 bits per heavy atom. The maximum atomic E-state index is 12.8. The third-order valence-electron chi connectivity index (χ3n) is 5.36. The van der Waals surface area contributed by atoms with Crippen molar-refractivity contribution in [1.82, 2.24) is 4.57 Å². The van der Waals surface area contributed by atoms with Gasteiger partial charge in [0, 0.05) is 24.0 Å². The number of carbonyl (C=O) groups excluding carboxylic acids is 1. The van der Waals surface area contributed by atoms with E-state index in [1.165, 1.54) is 36.9 Å². The first-order valence-electron chi connectivity index (χ1n) is 10.9. The summed E-state index contributed by atoms with van der Waals surface area (Å²) in [6.45, 7) is 2.60. The lowest BCUT2D eigenvalue weighted by Gasteiger charge is -2.09. The fraction of sp³-hybridized carbons (Fsp3) is 0.111. The lowest BCUT2D eigenvalue weighted by molar-refractivity contribution is 0.0997. The second-order valence-electron chi connectivity index (χ2n) is 7.95. The van der Waals surface area contributed by atoms with Crippen molar-refractivity contribution in [1.29, 1.82) is 0 Å². The Labute approximate surface area is 204 Å². The summed E-state index contributed by atoms with van der Waals surface area (Å²) in [5.74, 6) is 0.166. The number of hydrogen-bond donors (Lipinski definition) is 1. The smallest absolute Gasteiger partial charge is 0.278 e. The Bertz CT molecular complexity index is 1490. The largest absolute Gasteiger partial charge is 0.497 e. The Balaban J connectivity index is 1.52. The molecule has 1 amide bonds. The molecule has 0 radical (unpaired) electrons. The Hall–Kier alpha value is -4.17. The van der Waals surface area contributed by atoms with E-state index in [2.05, 4.69) is 9.71 Å². The number of hydrogen-bond acceptors (Lipinski definition) is 4. The Kier molecular flexibility index (Phi) is 7.12. The van der Waals surface area contributed by atoms with Gasteiger partial charge in [0.05, 0.1) is 12.0 Å². The number of anilines is 1. The number of rotatable bonds is 7. The van der Waals surface area contributed by atoms with Crippen LogP contribution in [0.15, 0.2) is 107 Å². The van der Waals surface area contributed by atoms with Gasteiger partial charge in [-0.2, -0.15) is 4.99 Å². The number of benzene rings is 3. The first-order chi connectivity index (χ1) is 16.8. The molecule has 178 valence electrons. The molecule has 1 N–H and O–H groups in total. The number of aromatic nitrogens is 1. The van der Waals surface area contributed by atoms with E-state index in [0.717, 1.165) is 5.56 Å². The topological polar surface area (TPSA) is 89.8 Å². The van der Waals surface area contributed by atoms with Gasteiger partial charge >= 0.3 is 0 Å². The molecule has 0 fully saturated rings. The van der Waals surface area contributed by atoms with E-state index in [9.17, 15) is 13.2 Å². The van der Waals surface area contributed by atoms with Crippen LogP contribution in [0.4, 0.5) is 5.69 Å². The molecule has 1 heterocycles. The van der Waals surface area contributed by atoms with E-state index in [0.29, 0.717) is 29.0 Å². The van der Waals surface area contributed by atoms with E-state index in [1.54, 1.807) is 30.3 Å². The van der Waals surface area contributed by atoms with Crippen LogP contribution in [-0.2, 0) is 16.6 Å². The molecule has 7 nitrogen and oxygen atoms in total. The first kappa shape index (κ1) is 24.0. The van der Waals surface area contributed by atoms with Crippen LogP contribution in [-0.4, -0.2) is 26.0 Å². The van der Waals surface area contributed by atoms with Gasteiger partial charge in [0.2, 0.25) is 0 Å². The molecule has 4 aromatic rings. The van der Waals surface area contributed by atoms with Crippen LogP contribution >= 0.6 is 0 Å². The molecule has 0 bridgehead atoms. The van der Waals surface area contributed by atoms with Gasteiger partial charge in [-0.3, -0.25) is 9.52 Å². The normalized spacial score (nSPS) is 11.8. The summed E-state index contributed by atoms with van der Waals surface area (Å²) < 4.78 is 34.9. The zero-order valence-electron chi connectivity index (χ0n) is 19.4. The zero-order valence-corrected chi connectivity index (χ0v) is 20.2. The summed E-state index contributed by atoms with van der Waals surface area (Å²) in [6.07, 6.45) is 1.87. The second-order valence-corrected chi connectivity index (χ2v) is 9.63. The second kappa shape index (κ2) is 10.4. The van der Waals surface area contributed by atoms with Crippen LogP contribution in [0.3, 0.4) is 0 Å². The molecule has 0 saturated carbocycles. The van der Waals surface area contributed by atoms with Crippen molar-refractivity contribution in [2.45, 2.75) is 18.4 Å². The summed E-state index contributed by atoms with van der Waals surface area (Å²) in [5.41, 5.74) is 3.48. The molecular formula is C27H25N3O4S. The quantitative estimate of drug-likeness (QED) is 0.419. The van der Waals surface area contributed by atoms with Gasteiger partial charge in [0.25, 0.3) is 15.9 Å². The minimum absolute atomic E-state index is 0.0408. The summed E-state index contributed by atoms with van der Waals surface area (Å²) in [4.78, 5) is 17.1. The van der Waals surface area contributed by atoms with Gasteiger partial charge in [-0.05, 0) is 73.2 Å². The van der Waals surface area contributed by atoms with Crippen LogP contribution in [0.1, 0.15) is 21.5 Å². The highest BCUT2D eigenvalue weighted by molar-refractivity contribution is 7.92. The SMILES string of the molecule is COc1ccc(NS(=O)(=O)c2ccc(C(=O)N=c3ccccn3Cc3ccc(C)cc3)cc2)cc1. The maximum absolute atomic E-state index is 12.8. The number of ether oxygens (including phenoxy) is 1. The van der Waals surface area contributed by atoms with Gasteiger partial charge in [-0.15, -0.1) is 0 Å². The summed E-state index contributed by atoms with van der Waals surface area (Å²) in [7, 11) is -2.28. The van der Waals surface area contributed by atoms with Crippen molar-refractivity contribution in [3.63, 3.8) is 0 Å². The van der Waals surface area contributed by atoms with Crippen molar-refractivity contribution >= 4 is 21.6 Å². The number of carbonyl (C=O) groups is 1. The lowest BCUT2D eigenvalue weighted by Crippen LogP contribution is -2.22. The van der Waals surface area contributed by atoms with Crippen molar-refractivity contribution < 1.29 is 17.9 Å². The number of methoxy groups -OCH3 is 1. The van der Waals surface area contributed by atoms with Gasteiger partial charge in [-0.1, -0.05) is 35.9 Å². The van der Waals surface area contributed by atoms with Crippen molar-refractivity contribution in [2.24, 2.45) is 4.99 Å². The minimum Gasteiger partial charge on any atom is -0.497 e. The zero-order chi connectivity index (χ0) is 24.8. The molecule has 0 aliphatic carbocycles. The third-order valence-corrected chi connectivity index (χ3v) is 6.76. The van der Waals surface area contributed by atoms with E-state index in [-0.39, 0.29) is 4.90 Å². The van der Waals surface area contributed by atoms with Crippen LogP contribution in [0.5, 0.6) is 5.75 Å². The molecule has 3 aromatic carbocycles. The molecule has 0 aliphatic heterocycles. The highest BCUT2D eigenvalue weighted by atomic mass is 32.2. The van der Waals surface area contributed by atoms with Crippen molar-refractivity contribution in [3.05, 3.63) is 119 Å². The predicted molar refractivity (Wildman–Crippen MR) is 135 cm³/mol. The number of nitrogens with one attached hydrogen (secondary N) is 1. The molecule has 0 unspecified atom stereocenters. The average Bonchev–Trinajstić information content (AvgIpc) is 2.87. The number of amides is 1. The van der Waals surface area contributed by atoms with Gasteiger partial charge in [0.15, 0.2) is 0 Å². The van der Waals surface area contributed by atoms with Crippen molar-refractivity contribution in [2.75, 3.05) is 11.8 Å². The standard InChI is InChI=1S/C27H25N3O4S/c1-20-6-8-21(9-7-20)19-30-18-4-3-5-26(30)28-27(31)22-10-16-25(17-11-22)35(32,33)29-23-12-14-24(34-2)15-13-23/h3-18,29H,19H2,1-2H3. The number of nitrogens with zero attached hydrogens (tertiary/aromatic N) is 2. The number of pyridine rings is 1. The van der Waals surface area contributed by atoms with E-state index >= 15 is 0 Å². The summed E-state index contributed by atoms with van der Waals surface area (Å²) >= 11 is 0. The summed E-state index contributed by atoms with van der Waals surface area (Å²) in [5, 5.41) is 0. The van der Waals surface area contributed by atoms with Gasteiger partial charge < -0.3 is 9.30 Å². The van der Waals surface area contributed by atoms with Crippen LogP contribution in [0.25, 0.3) is 0 Å². The fourth-order valence-electron chi connectivity index (χ4n) is 3.41. The maximum Gasteiger partial charge on any atom is 0.278 e. The molecule has 35 heavy (non-hydrogen) atoms. The molecule has 0 aliphatic rings. The third kappa shape index (κ3) is 6.04. The van der Waals surface area contributed by atoms with E-state index in [1.807, 2.05) is 54.1 Å². The molecule has 8 heteroatoms. The highest BCUT2D eigenvalue weighted by Gasteiger charge is 2.15. The predicted octanol–water partition coefficient (Wildman–Crippen LogP) is 4.40. The molecule has 0 spiro atoms. The van der Waals surface area contributed by atoms with Gasteiger partial charge in [-0.25, -0.2) is 8.42 Å². The van der Waals surface area contributed by atoms with Crippen molar-refractivity contribution in [3.8, 4) is 5.75 Å². The Morgan fingerprint density at radius 1 is 0.914 bits per heavy atom. The van der Waals surface area contributed by atoms with Crippen LogP contribution < -0.4 is 14.9 Å². The van der Waals surface area contributed by atoms with Gasteiger partial charge in [0.1, 0.15) is 11.2 Å². The van der Waals surface area contributed by atoms with E-state index in [4.69, 9.17) is 4.74 Å². The number of sulfonamides is 1. The minimum atomic E-state index is -3.82. The number of aryl methyl sites for hydroxylation is 1. The molecule has 0 saturated heterocycles.